The van der Waals surface area contributed by atoms with Crippen LogP contribution in [0.2, 0.25) is 25.7 Å². The number of fused-ring (bicyclic) bond motifs is 3. The zero-order chi connectivity index (χ0) is 29.1. The predicted octanol–water partition coefficient (Wildman–Crippen LogP) is 5.23. The Morgan fingerprint density at radius 1 is 1.25 bits per heavy atom. The maximum absolute atomic E-state index is 13.1. The van der Waals surface area contributed by atoms with E-state index in [-0.39, 0.29) is 12.1 Å². The van der Waals surface area contributed by atoms with Crippen molar-refractivity contribution < 1.29 is 19.0 Å². The Labute approximate surface area is 237 Å². The first-order valence-corrected chi connectivity index (χ1v) is 17.6. The number of aromatic nitrogens is 3. The maximum atomic E-state index is 13.1. The normalized spacial score (nSPS) is 16.1. The van der Waals surface area contributed by atoms with Crippen molar-refractivity contribution in [3.05, 3.63) is 30.2 Å². The van der Waals surface area contributed by atoms with E-state index in [9.17, 15) is 10.1 Å². The minimum atomic E-state index is -1.22. The van der Waals surface area contributed by atoms with Gasteiger partial charge in [-0.05, 0) is 45.4 Å². The summed E-state index contributed by atoms with van der Waals surface area (Å²) in [4.78, 5) is 26.3. The van der Waals surface area contributed by atoms with E-state index in [1.54, 1.807) is 18.2 Å². The Bertz CT molecular complexity index is 1390. The molecular formula is C29H42N6O4Si. The lowest BCUT2D eigenvalue weighted by molar-refractivity contribution is 0.0123. The second-order valence-electron chi connectivity index (χ2n) is 12.6. The van der Waals surface area contributed by atoms with Gasteiger partial charge < -0.3 is 24.0 Å². The fraction of sp³-hybridized carbons (Fsp3) is 0.586. The number of hydrogen-bond acceptors (Lipinski definition) is 8. The average molecular weight is 567 g/mol. The van der Waals surface area contributed by atoms with Gasteiger partial charge in [-0.25, -0.2) is 14.8 Å². The molecule has 10 nitrogen and oxygen atoms in total. The van der Waals surface area contributed by atoms with Crippen LogP contribution in [0.25, 0.3) is 21.9 Å². The van der Waals surface area contributed by atoms with E-state index in [1.165, 1.54) is 0 Å². The fourth-order valence-corrected chi connectivity index (χ4v) is 5.78. The first-order valence-electron chi connectivity index (χ1n) is 13.9. The van der Waals surface area contributed by atoms with Gasteiger partial charge in [-0.15, -0.1) is 0 Å². The highest BCUT2D eigenvalue weighted by molar-refractivity contribution is 6.76. The van der Waals surface area contributed by atoms with Gasteiger partial charge in [0.15, 0.2) is 0 Å². The number of rotatable bonds is 10. The molecule has 0 spiro atoms. The summed E-state index contributed by atoms with van der Waals surface area (Å²) in [6, 6.07) is 7.07. The Morgan fingerprint density at radius 2 is 2.02 bits per heavy atom. The molecule has 40 heavy (non-hydrogen) atoms. The number of ether oxygens (including phenoxy) is 3. The largest absolute Gasteiger partial charge is 0.444 e. The molecule has 11 heteroatoms. The van der Waals surface area contributed by atoms with Crippen molar-refractivity contribution in [2.45, 2.75) is 71.3 Å². The van der Waals surface area contributed by atoms with Crippen LogP contribution in [0.5, 0.6) is 0 Å². The van der Waals surface area contributed by atoms with E-state index in [4.69, 9.17) is 19.2 Å². The molecule has 0 N–H and O–H groups in total. The molecule has 1 fully saturated rings. The number of nitrogens with zero attached hydrogens (tertiary/aromatic N) is 6. The van der Waals surface area contributed by atoms with E-state index in [1.807, 2.05) is 43.7 Å². The van der Waals surface area contributed by atoms with E-state index in [0.29, 0.717) is 38.7 Å². The third-order valence-corrected chi connectivity index (χ3v) is 8.75. The second-order valence-corrected chi connectivity index (χ2v) is 18.2. The van der Waals surface area contributed by atoms with Crippen molar-refractivity contribution >= 4 is 41.8 Å². The highest BCUT2D eigenvalue weighted by atomic mass is 28.3. The summed E-state index contributed by atoms with van der Waals surface area (Å²) in [6.45, 7) is 16.0. The Morgan fingerprint density at radius 3 is 2.70 bits per heavy atom. The molecule has 0 saturated carbocycles. The van der Waals surface area contributed by atoms with Crippen LogP contribution in [0.4, 0.5) is 10.5 Å². The number of carbonyl (C=O) groups excluding carboxylic acids is 1. The summed E-state index contributed by atoms with van der Waals surface area (Å²) >= 11 is 0. The van der Waals surface area contributed by atoms with Crippen molar-refractivity contribution in [1.29, 1.82) is 5.26 Å². The smallest absolute Gasteiger partial charge is 0.410 e. The minimum Gasteiger partial charge on any atom is -0.444 e. The quantitative estimate of drug-likeness (QED) is 0.243. The molecule has 216 valence electrons. The molecule has 1 aliphatic rings. The van der Waals surface area contributed by atoms with Crippen LogP contribution < -0.4 is 4.90 Å². The van der Waals surface area contributed by atoms with E-state index < -0.39 is 13.7 Å². The van der Waals surface area contributed by atoms with Gasteiger partial charge in [-0.1, -0.05) is 19.6 Å². The van der Waals surface area contributed by atoms with Crippen molar-refractivity contribution in [3.63, 3.8) is 0 Å². The Kier molecular flexibility index (Phi) is 9.02. The first kappa shape index (κ1) is 29.8. The molecule has 3 aromatic rings. The Balaban J connectivity index is 1.67. The molecule has 3 aromatic heterocycles. The van der Waals surface area contributed by atoms with Gasteiger partial charge in [0.25, 0.3) is 0 Å². The van der Waals surface area contributed by atoms with E-state index in [2.05, 4.69) is 35.6 Å². The molecule has 1 atom stereocenters. The van der Waals surface area contributed by atoms with Gasteiger partial charge >= 0.3 is 6.09 Å². The molecule has 0 radical (unpaired) electrons. The monoisotopic (exact) mass is 566 g/mol. The SMILES string of the molecule is COCCN(C(=O)OC(C)(C)C)C1CCN(c2ccnc3c2c2cc(C#N)ncc2n3COCC[Si](C)(C)C)C1. The third-order valence-electron chi connectivity index (χ3n) is 7.05. The zero-order valence-corrected chi connectivity index (χ0v) is 25.9. The van der Waals surface area contributed by atoms with Crippen LogP contribution in [0.3, 0.4) is 0 Å². The molecule has 4 rings (SSSR count). The summed E-state index contributed by atoms with van der Waals surface area (Å²) in [5.74, 6) is 0. The predicted molar refractivity (Wildman–Crippen MR) is 159 cm³/mol. The number of nitriles is 1. The van der Waals surface area contributed by atoms with E-state index in [0.717, 1.165) is 46.6 Å². The van der Waals surface area contributed by atoms with Crippen LogP contribution >= 0.6 is 0 Å². The summed E-state index contributed by atoms with van der Waals surface area (Å²) in [7, 11) is 0.414. The van der Waals surface area contributed by atoms with Crippen LogP contribution in [-0.4, -0.2) is 85.2 Å². The van der Waals surface area contributed by atoms with Gasteiger partial charge in [0, 0.05) is 53.0 Å². The van der Waals surface area contributed by atoms with Crippen LogP contribution in [-0.2, 0) is 20.9 Å². The standard InChI is InChI=1S/C29H42N6O4Si/c1-29(2,3)39-28(36)34(12-13-37-4)22-9-11-33(19-22)24-8-10-31-27-26(24)23-16-21(17-30)32-18-25(23)35(27)20-38-14-15-40(5,6)7/h8,10,16,18,22H,9,11-15,19-20H2,1-7H3. The molecule has 1 unspecified atom stereocenters. The van der Waals surface area contributed by atoms with Gasteiger partial charge in [0.1, 0.15) is 29.7 Å². The highest BCUT2D eigenvalue weighted by Gasteiger charge is 2.34. The average Bonchev–Trinajstić information content (AvgIpc) is 3.48. The summed E-state index contributed by atoms with van der Waals surface area (Å²) in [6.07, 6.45) is 4.03. The molecule has 1 aliphatic heterocycles. The summed E-state index contributed by atoms with van der Waals surface area (Å²) < 4.78 is 19.2. The molecular weight excluding hydrogens is 524 g/mol. The molecule has 4 heterocycles. The minimum absolute atomic E-state index is 0.0252. The lowest BCUT2D eigenvalue weighted by Crippen LogP contribution is -2.46. The van der Waals surface area contributed by atoms with Crippen molar-refractivity contribution in [2.75, 3.05) is 44.9 Å². The summed E-state index contributed by atoms with van der Waals surface area (Å²) in [5, 5.41) is 11.5. The number of pyridine rings is 2. The first-order chi connectivity index (χ1) is 18.9. The van der Waals surface area contributed by atoms with E-state index >= 15 is 0 Å². The lowest BCUT2D eigenvalue weighted by atomic mass is 10.1. The van der Waals surface area contributed by atoms with Crippen LogP contribution in [0, 0.1) is 11.3 Å². The number of anilines is 1. The number of hydrogen-bond donors (Lipinski definition) is 0. The number of carbonyl (C=O) groups is 1. The summed E-state index contributed by atoms with van der Waals surface area (Å²) in [5.41, 5.74) is 2.47. The van der Waals surface area contributed by atoms with Gasteiger partial charge in [-0.3, -0.25) is 4.57 Å². The van der Waals surface area contributed by atoms with Crippen molar-refractivity contribution in [2.24, 2.45) is 0 Å². The number of amides is 1. The maximum Gasteiger partial charge on any atom is 0.410 e. The molecule has 1 amide bonds. The Hall–Kier alpha value is -3.20. The zero-order valence-electron chi connectivity index (χ0n) is 24.9. The van der Waals surface area contributed by atoms with Crippen LogP contribution in [0.1, 0.15) is 32.9 Å². The lowest BCUT2D eigenvalue weighted by Gasteiger charge is -2.31. The fourth-order valence-electron chi connectivity index (χ4n) is 5.02. The highest BCUT2D eigenvalue weighted by Crippen LogP contribution is 2.37. The van der Waals surface area contributed by atoms with Gasteiger partial charge in [0.05, 0.1) is 35.4 Å². The van der Waals surface area contributed by atoms with Gasteiger partial charge in [0.2, 0.25) is 0 Å². The topological polar surface area (TPSA) is 106 Å². The number of methoxy groups -OCH3 is 1. The molecule has 1 saturated heterocycles. The van der Waals surface area contributed by atoms with Crippen molar-refractivity contribution in [3.8, 4) is 6.07 Å². The molecule has 0 aromatic carbocycles. The second kappa shape index (κ2) is 12.1. The van der Waals surface area contributed by atoms with Gasteiger partial charge in [-0.2, -0.15) is 5.26 Å². The molecule has 0 bridgehead atoms. The van der Waals surface area contributed by atoms with Crippen LogP contribution in [0.15, 0.2) is 24.5 Å². The molecule has 0 aliphatic carbocycles. The van der Waals surface area contributed by atoms with Crippen molar-refractivity contribution in [1.82, 2.24) is 19.4 Å². The third kappa shape index (κ3) is 6.92.